The Bertz CT molecular complexity index is 897. The number of nitrogens with zero attached hydrogens (tertiary/aromatic N) is 1. The van der Waals surface area contributed by atoms with Crippen molar-refractivity contribution in [1.82, 2.24) is 10.2 Å². The van der Waals surface area contributed by atoms with Gasteiger partial charge in [-0.2, -0.15) is 0 Å². The van der Waals surface area contributed by atoms with Gasteiger partial charge in [-0.15, -0.1) is 11.8 Å². The molecular weight excluding hydrogens is 440 g/mol. The van der Waals surface area contributed by atoms with Crippen LogP contribution in [0.4, 0.5) is 0 Å². The lowest BCUT2D eigenvalue weighted by molar-refractivity contribution is -0.139. The summed E-state index contributed by atoms with van der Waals surface area (Å²) < 4.78 is 0. The van der Waals surface area contributed by atoms with Gasteiger partial charge in [-0.25, -0.2) is 0 Å². The first-order valence-corrected chi connectivity index (χ1v) is 13.0. The van der Waals surface area contributed by atoms with Crippen molar-refractivity contribution in [2.24, 2.45) is 0 Å². The van der Waals surface area contributed by atoms with E-state index in [1.54, 1.807) is 16.7 Å². The minimum Gasteiger partial charge on any atom is -0.352 e. The number of carbonyl (C=O) groups is 2. The van der Waals surface area contributed by atoms with Crippen LogP contribution < -0.4 is 5.32 Å². The maximum Gasteiger partial charge on any atom is 0.243 e. The number of hydrogen-bond acceptors (Lipinski definition) is 3. The quantitative estimate of drug-likeness (QED) is 0.479. The third kappa shape index (κ3) is 7.28. The standard InChI is InChI=1S/C26H33ClN2O2S/c1-3-24(26(31)28-23-9-4-5-10-23)29(16-20-13-11-19(2)12-14-20)25(30)18-32-17-21-7-6-8-22(27)15-21/h6-8,11-15,23-24H,3-5,9-10,16-18H2,1-2H3,(H,28,31)/t24-/m1/s1. The van der Waals surface area contributed by atoms with E-state index in [0.29, 0.717) is 29.5 Å². The molecule has 3 rings (SSSR count). The molecule has 0 bridgehead atoms. The summed E-state index contributed by atoms with van der Waals surface area (Å²) in [6.45, 7) is 4.46. The van der Waals surface area contributed by atoms with Crippen molar-refractivity contribution in [3.63, 3.8) is 0 Å². The predicted molar refractivity (Wildman–Crippen MR) is 134 cm³/mol. The van der Waals surface area contributed by atoms with Crippen LogP contribution in [0.25, 0.3) is 0 Å². The molecule has 1 saturated carbocycles. The van der Waals surface area contributed by atoms with Crippen molar-refractivity contribution in [2.75, 3.05) is 5.75 Å². The molecule has 2 amide bonds. The Hall–Kier alpha value is -1.98. The minimum atomic E-state index is -0.462. The molecule has 0 radical (unpaired) electrons. The third-order valence-electron chi connectivity index (χ3n) is 5.94. The Morgan fingerprint density at radius 3 is 2.50 bits per heavy atom. The van der Waals surface area contributed by atoms with E-state index < -0.39 is 6.04 Å². The van der Waals surface area contributed by atoms with Gasteiger partial charge in [0.15, 0.2) is 0 Å². The first-order valence-electron chi connectivity index (χ1n) is 11.4. The van der Waals surface area contributed by atoms with Crippen molar-refractivity contribution >= 4 is 35.2 Å². The highest BCUT2D eigenvalue weighted by molar-refractivity contribution is 7.99. The second-order valence-corrected chi connectivity index (χ2v) is 9.97. The van der Waals surface area contributed by atoms with Crippen LogP contribution in [0.2, 0.25) is 5.02 Å². The molecule has 0 aromatic heterocycles. The molecule has 0 saturated heterocycles. The number of aryl methyl sites for hydroxylation is 1. The Labute approximate surface area is 201 Å². The second-order valence-electron chi connectivity index (χ2n) is 8.54. The lowest BCUT2D eigenvalue weighted by atomic mass is 10.1. The number of rotatable bonds is 10. The van der Waals surface area contributed by atoms with Crippen molar-refractivity contribution in [3.8, 4) is 0 Å². The number of thioether (sulfide) groups is 1. The van der Waals surface area contributed by atoms with Crippen LogP contribution >= 0.6 is 23.4 Å². The zero-order valence-electron chi connectivity index (χ0n) is 19.0. The average Bonchev–Trinajstić information content (AvgIpc) is 3.28. The third-order valence-corrected chi connectivity index (χ3v) is 7.17. The highest BCUT2D eigenvalue weighted by Gasteiger charge is 2.30. The Kier molecular flexibility index (Phi) is 9.49. The fourth-order valence-corrected chi connectivity index (χ4v) is 5.21. The summed E-state index contributed by atoms with van der Waals surface area (Å²) >= 11 is 7.63. The van der Waals surface area contributed by atoms with Gasteiger partial charge >= 0.3 is 0 Å². The van der Waals surface area contributed by atoms with Crippen molar-refractivity contribution < 1.29 is 9.59 Å². The number of nitrogens with one attached hydrogen (secondary N) is 1. The lowest BCUT2D eigenvalue weighted by Crippen LogP contribution is -2.51. The zero-order valence-corrected chi connectivity index (χ0v) is 20.6. The summed E-state index contributed by atoms with van der Waals surface area (Å²) in [4.78, 5) is 28.2. The normalized spacial score (nSPS) is 14.8. The molecule has 0 spiro atoms. The van der Waals surface area contributed by atoms with Gasteiger partial charge in [-0.3, -0.25) is 9.59 Å². The van der Waals surface area contributed by atoms with Crippen LogP contribution in [0.1, 0.15) is 55.7 Å². The summed E-state index contributed by atoms with van der Waals surface area (Å²) in [5.41, 5.74) is 3.30. The molecule has 0 unspecified atom stereocenters. The summed E-state index contributed by atoms with van der Waals surface area (Å²) in [6.07, 6.45) is 4.98. The summed E-state index contributed by atoms with van der Waals surface area (Å²) in [5.74, 6) is 0.993. The molecule has 0 aliphatic heterocycles. The number of carbonyl (C=O) groups excluding carboxylic acids is 2. The molecule has 0 heterocycles. The van der Waals surface area contributed by atoms with E-state index in [1.807, 2.05) is 62.4 Å². The number of benzene rings is 2. The summed E-state index contributed by atoms with van der Waals surface area (Å²) in [5, 5.41) is 3.89. The molecule has 4 nitrogen and oxygen atoms in total. The van der Waals surface area contributed by atoms with E-state index in [1.165, 1.54) is 5.56 Å². The van der Waals surface area contributed by atoms with Crippen LogP contribution in [0.15, 0.2) is 48.5 Å². The van der Waals surface area contributed by atoms with E-state index in [9.17, 15) is 9.59 Å². The van der Waals surface area contributed by atoms with Gasteiger partial charge in [-0.05, 0) is 49.4 Å². The van der Waals surface area contributed by atoms with Crippen molar-refractivity contribution in [1.29, 1.82) is 0 Å². The number of halogens is 1. The SMILES string of the molecule is CC[C@H](C(=O)NC1CCCC1)N(Cc1ccc(C)cc1)C(=O)CSCc1cccc(Cl)c1. The van der Waals surface area contributed by atoms with E-state index in [4.69, 9.17) is 11.6 Å². The highest BCUT2D eigenvalue weighted by Crippen LogP contribution is 2.21. The van der Waals surface area contributed by atoms with Crippen LogP contribution in [-0.4, -0.2) is 34.6 Å². The first kappa shape index (κ1) is 24.7. The van der Waals surface area contributed by atoms with Gasteiger partial charge in [0.2, 0.25) is 11.8 Å². The van der Waals surface area contributed by atoms with Crippen LogP contribution in [0.5, 0.6) is 0 Å². The summed E-state index contributed by atoms with van der Waals surface area (Å²) in [6, 6.07) is 15.7. The molecule has 172 valence electrons. The molecule has 2 aromatic carbocycles. The Balaban J connectivity index is 1.69. The minimum absolute atomic E-state index is 0.00831. The molecule has 6 heteroatoms. The maximum absolute atomic E-state index is 13.3. The first-order chi connectivity index (χ1) is 15.5. The van der Waals surface area contributed by atoms with E-state index in [-0.39, 0.29) is 17.9 Å². The smallest absolute Gasteiger partial charge is 0.243 e. The number of hydrogen-bond donors (Lipinski definition) is 1. The van der Waals surface area contributed by atoms with E-state index in [2.05, 4.69) is 5.32 Å². The second kappa shape index (κ2) is 12.3. The molecule has 1 N–H and O–H groups in total. The fraction of sp³-hybridized carbons (Fsp3) is 0.462. The Morgan fingerprint density at radius 2 is 1.84 bits per heavy atom. The van der Waals surface area contributed by atoms with Gasteiger partial charge in [-0.1, -0.05) is 73.3 Å². The van der Waals surface area contributed by atoms with Gasteiger partial charge in [0.1, 0.15) is 6.04 Å². The Morgan fingerprint density at radius 1 is 1.12 bits per heavy atom. The molecule has 32 heavy (non-hydrogen) atoms. The molecule has 1 aliphatic carbocycles. The van der Waals surface area contributed by atoms with Gasteiger partial charge < -0.3 is 10.2 Å². The molecule has 1 atom stereocenters. The number of amides is 2. The van der Waals surface area contributed by atoms with E-state index >= 15 is 0 Å². The summed E-state index contributed by atoms with van der Waals surface area (Å²) in [7, 11) is 0. The van der Waals surface area contributed by atoms with Crippen LogP contribution in [0.3, 0.4) is 0 Å². The van der Waals surface area contributed by atoms with Crippen LogP contribution in [0, 0.1) is 6.92 Å². The monoisotopic (exact) mass is 472 g/mol. The van der Waals surface area contributed by atoms with Crippen molar-refractivity contribution in [2.45, 2.75) is 70.3 Å². The maximum atomic E-state index is 13.3. The fourth-order valence-electron chi connectivity index (χ4n) is 4.14. The lowest BCUT2D eigenvalue weighted by Gasteiger charge is -2.31. The average molecular weight is 473 g/mol. The molecule has 1 fully saturated rings. The van der Waals surface area contributed by atoms with Crippen LogP contribution in [-0.2, 0) is 21.9 Å². The molecule has 1 aliphatic rings. The van der Waals surface area contributed by atoms with Gasteiger partial charge in [0, 0.05) is 23.4 Å². The zero-order chi connectivity index (χ0) is 22.9. The predicted octanol–water partition coefficient (Wildman–Crippen LogP) is 5.75. The highest BCUT2D eigenvalue weighted by atomic mass is 35.5. The molecule has 2 aromatic rings. The van der Waals surface area contributed by atoms with Gasteiger partial charge in [0.05, 0.1) is 5.75 Å². The van der Waals surface area contributed by atoms with Crippen molar-refractivity contribution in [3.05, 3.63) is 70.2 Å². The van der Waals surface area contributed by atoms with E-state index in [0.717, 1.165) is 36.8 Å². The largest absolute Gasteiger partial charge is 0.352 e. The topological polar surface area (TPSA) is 49.4 Å². The molecular formula is C26H33ClN2O2S. The van der Waals surface area contributed by atoms with Gasteiger partial charge in [0.25, 0.3) is 0 Å².